The zero-order valence-corrected chi connectivity index (χ0v) is 11.7. The van der Waals surface area contributed by atoms with E-state index < -0.39 is 0 Å². The smallest absolute Gasteiger partial charge is 0.183 e. The molecule has 0 saturated carbocycles. The van der Waals surface area contributed by atoms with Crippen LogP contribution in [0.5, 0.6) is 0 Å². The molecule has 5 heteroatoms. The highest BCUT2D eigenvalue weighted by atomic mass is 35.5. The summed E-state index contributed by atoms with van der Waals surface area (Å²) < 4.78 is 0.594. The second-order valence-corrected chi connectivity index (χ2v) is 6.02. The Morgan fingerprint density at radius 2 is 2.12 bits per heavy atom. The van der Waals surface area contributed by atoms with Crippen LogP contribution in [-0.2, 0) is 13.1 Å². The average molecular weight is 287 g/mol. The van der Waals surface area contributed by atoms with Gasteiger partial charge in [-0.05, 0) is 24.7 Å². The Bertz CT molecular complexity index is 499. The van der Waals surface area contributed by atoms with Crippen molar-refractivity contribution in [1.82, 2.24) is 9.88 Å². The number of hydrogen-bond acceptors (Lipinski definition) is 3. The summed E-state index contributed by atoms with van der Waals surface area (Å²) in [6, 6.07) is 7.91. The lowest BCUT2D eigenvalue weighted by Crippen LogP contribution is -2.16. The first-order chi connectivity index (χ1) is 8.13. The third-order valence-corrected chi connectivity index (χ3v) is 3.63. The van der Waals surface area contributed by atoms with E-state index in [4.69, 9.17) is 23.2 Å². The van der Waals surface area contributed by atoms with Gasteiger partial charge >= 0.3 is 0 Å². The lowest BCUT2D eigenvalue weighted by molar-refractivity contribution is 0.322. The highest BCUT2D eigenvalue weighted by Gasteiger charge is 2.05. The molecule has 17 heavy (non-hydrogen) atoms. The van der Waals surface area contributed by atoms with Gasteiger partial charge in [0.25, 0.3) is 0 Å². The Balaban J connectivity index is 1.95. The summed E-state index contributed by atoms with van der Waals surface area (Å²) in [5.74, 6) is 0. The highest BCUT2D eigenvalue weighted by molar-refractivity contribution is 7.15. The number of aromatic nitrogens is 1. The normalized spacial score (nSPS) is 11.1. The van der Waals surface area contributed by atoms with Gasteiger partial charge in [-0.15, -0.1) is 11.3 Å². The van der Waals surface area contributed by atoms with E-state index >= 15 is 0 Å². The number of halogens is 2. The molecule has 0 aliphatic carbocycles. The fourth-order valence-electron chi connectivity index (χ4n) is 1.63. The fourth-order valence-corrected chi connectivity index (χ4v) is 2.90. The molecule has 0 saturated heterocycles. The van der Waals surface area contributed by atoms with Gasteiger partial charge in [0.05, 0.1) is 0 Å². The van der Waals surface area contributed by atoms with E-state index in [2.05, 4.69) is 23.0 Å². The maximum absolute atomic E-state index is 5.95. The zero-order valence-electron chi connectivity index (χ0n) is 9.36. The van der Waals surface area contributed by atoms with E-state index in [9.17, 15) is 0 Å². The third-order valence-electron chi connectivity index (χ3n) is 2.29. The number of rotatable bonds is 4. The number of benzene rings is 1. The first kappa shape index (κ1) is 12.8. The predicted molar refractivity (Wildman–Crippen MR) is 73.7 cm³/mol. The van der Waals surface area contributed by atoms with Gasteiger partial charge in [-0.25, -0.2) is 4.98 Å². The molecule has 0 unspecified atom stereocenters. The number of nitrogens with zero attached hydrogens (tertiary/aromatic N) is 2. The van der Waals surface area contributed by atoms with Crippen molar-refractivity contribution in [2.24, 2.45) is 0 Å². The number of hydrogen-bond donors (Lipinski definition) is 0. The molecule has 1 heterocycles. The van der Waals surface area contributed by atoms with Crippen molar-refractivity contribution < 1.29 is 0 Å². The van der Waals surface area contributed by atoms with Crippen molar-refractivity contribution in [3.8, 4) is 0 Å². The molecule has 1 aromatic carbocycles. The molecular formula is C12H12Cl2N2S. The third kappa shape index (κ3) is 3.96. The largest absolute Gasteiger partial charge is 0.297 e. The number of thiazole rings is 1. The van der Waals surface area contributed by atoms with E-state index in [0.717, 1.165) is 18.1 Å². The Kier molecular flexibility index (Phi) is 4.40. The van der Waals surface area contributed by atoms with Gasteiger partial charge in [-0.3, -0.25) is 4.90 Å². The van der Waals surface area contributed by atoms with Gasteiger partial charge in [0.15, 0.2) is 4.47 Å². The van der Waals surface area contributed by atoms with E-state index in [-0.39, 0.29) is 0 Å². The van der Waals surface area contributed by atoms with Gasteiger partial charge in [0, 0.05) is 29.2 Å². The van der Waals surface area contributed by atoms with Crippen molar-refractivity contribution in [1.29, 1.82) is 0 Å². The predicted octanol–water partition coefficient (Wildman–Crippen LogP) is 4.08. The Morgan fingerprint density at radius 3 is 2.76 bits per heavy atom. The Labute approximate surface area is 115 Å². The standard InChI is InChI=1S/C12H12Cl2N2S/c1-16(8-11-6-15-12(14)17-11)7-9-3-2-4-10(13)5-9/h2-6H,7-8H2,1H3. The summed E-state index contributed by atoms with van der Waals surface area (Å²) >= 11 is 13.3. The van der Waals surface area contributed by atoms with E-state index in [1.165, 1.54) is 21.8 Å². The molecule has 0 atom stereocenters. The molecule has 1 aromatic heterocycles. The second-order valence-electron chi connectivity index (χ2n) is 3.88. The first-order valence-corrected chi connectivity index (χ1v) is 6.74. The maximum Gasteiger partial charge on any atom is 0.183 e. The van der Waals surface area contributed by atoms with Crippen molar-refractivity contribution in [2.75, 3.05) is 7.05 Å². The summed E-state index contributed by atoms with van der Waals surface area (Å²) in [6.45, 7) is 1.70. The molecule has 0 radical (unpaired) electrons. The molecular weight excluding hydrogens is 275 g/mol. The van der Waals surface area contributed by atoms with Gasteiger partial charge in [-0.2, -0.15) is 0 Å². The lowest BCUT2D eigenvalue weighted by atomic mass is 10.2. The minimum Gasteiger partial charge on any atom is -0.297 e. The van der Waals surface area contributed by atoms with Gasteiger partial charge in [0.1, 0.15) is 0 Å². The summed E-state index contributed by atoms with van der Waals surface area (Å²) in [7, 11) is 2.06. The summed E-state index contributed by atoms with van der Waals surface area (Å²) in [4.78, 5) is 7.40. The van der Waals surface area contributed by atoms with E-state index in [1.807, 2.05) is 24.4 Å². The summed E-state index contributed by atoms with van der Waals surface area (Å²) in [6.07, 6.45) is 1.82. The minimum absolute atomic E-state index is 0.594. The van der Waals surface area contributed by atoms with Crippen LogP contribution in [0.3, 0.4) is 0 Å². The fraction of sp³-hybridized carbons (Fsp3) is 0.250. The van der Waals surface area contributed by atoms with Gasteiger partial charge < -0.3 is 0 Å². The molecule has 0 amide bonds. The topological polar surface area (TPSA) is 16.1 Å². The molecule has 0 aliphatic heterocycles. The van der Waals surface area contributed by atoms with Crippen LogP contribution in [0.1, 0.15) is 10.4 Å². The van der Waals surface area contributed by atoms with Crippen molar-refractivity contribution in [2.45, 2.75) is 13.1 Å². The maximum atomic E-state index is 5.95. The molecule has 0 bridgehead atoms. The van der Waals surface area contributed by atoms with Crippen LogP contribution >= 0.6 is 34.5 Å². The van der Waals surface area contributed by atoms with Crippen LogP contribution in [0, 0.1) is 0 Å². The molecule has 0 spiro atoms. The molecule has 2 rings (SSSR count). The molecule has 0 fully saturated rings. The zero-order chi connectivity index (χ0) is 12.3. The SMILES string of the molecule is CN(Cc1cccc(Cl)c1)Cc1cnc(Cl)s1. The highest BCUT2D eigenvalue weighted by Crippen LogP contribution is 2.20. The molecule has 2 nitrogen and oxygen atoms in total. The Morgan fingerprint density at radius 1 is 1.29 bits per heavy atom. The van der Waals surface area contributed by atoms with Gasteiger partial charge in [0.2, 0.25) is 0 Å². The minimum atomic E-state index is 0.594. The van der Waals surface area contributed by atoms with Crippen LogP contribution in [0.2, 0.25) is 9.49 Å². The first-order valence-electron chi connectivity index (χ1n) is 5.16. The Hall–Kier alpha value is -0.610. The monoisotopic (exact) mass is 286 g/mol. The van der Waals surface area contributed by atoms with Crippen LogP contribution < -0.4 is 0 Å². The summed E-state index contributed by atoms with van der Waals surface area (Å²) in [5.41, 5.74) is 1.20. The second kappa shape index (κ2) is 5.83. The molecule has 0 aliphatic rings. The van der Waals surface area contributed by atoms with Crippen LogP contribution in [0.15, 0.2) is 30.5 Å². The van der Waals surface area contributed by atoms with Crippen LogP contribution in [0.25, 0.3) is 0 Å². The van der Waals surface area contributed by atoms with Crippen molar-refractivity contribution in [3.63, 3.8) is 0 Å². The van der Waals surface area contributed by atoms with E-state index in [0.29, 0.717) is 4.47 Å². The average Bonchev–Trinajstić information content (AvgIpc) is 2.63. The quantitative estimate of drug-likeness (QED) is 0.842. The molecule has 0 N–H and O–H groups in total. The molecule has 2 aromatic rings. The molecule has 90 valence electrons. The lowest BCUT2D eigenvalue weighted by Gasteiger charge is -2.15. The van der Waals surface area contributed by atoms with Gasteiger partial charge in [-0.1, -0.05) is 35.3 Å². The van der Waals surface area contributed by atoms with E-state index in [1.54, 1.807) is 0 Å². The summed E-state index contributed by atoms with van der Waals surface area (Å²) in [5, 5.41) is 0.775. The van der Waals surface area contributed by atoms with Crippen molar-refractivity contribution in [3.05, 3.63) is 50.4 Å². The van der Waals surface area contributed by atoms with Crippen LogP contribution in [-0.4, -0.2) is 16.9 Å². The van der Waals surface area contributed by atoms with Crippen LogP contribution in [0.4, 0.5) is 0 Å². The van der Waals surface area contributed by atoms with Crippen molar-refractivity contribution >= 4 is 34.5 Å².